The van der Waals surface area contributed by atoms with Gasteiger partial charge in [0.15, 0.2) is 5.82 Å². The summed E-state index contributed by atoms with van der Waals surface area (Å²) in [6, 6.07) is 60.4. The van der Waals surface area contributed by atoms with Gasteiger partial charge >= 0.3 is 0 Å². The van der Waals surface area contributed by atoms with Crippen LogP contribution < -0.4 is 0 Å². The van der Waals surface area contributed by atoms with E-state index in [1.165, 1.54) is 37.9 Å². The van der Waals surface area contributed by atoms with Crippen molar-refractivity contribution in [1.29, 1.82) is 0 Å². The van der Waals surface area contributed by atoms with Crippen LogP contribution in [0, 0.1) is 13.8 Å². The van der Waals surface area contributed by atoms with Crippen LogP contribution >= 0.6 is 0 Å². The molecule has 0 radical (unpaired) electrons. The summed E-state index contributed by atoms with van der Waals surface area (Å²) >= 11 is 0. The van der Waals surface area contributed by atoms with Crippen molar-refractivity contribution in [1.82, 2.24) is 19.9 Å². The molecule has 0 atom stereocenters. The summed E-state index contributed by atoms with van der Waals surface area (Å²) in [6.45, 7) is 3.96. The third-order valence-corrected chi connectivity index (χ3v) is 10.3. The Hall–Kier alpha value is -7.04. The van der Waals surface area contributed by atoms with Gasteiger partial charge in [-0.3, -0.25) is 0 Å². The minimum atomic E-state index is 0.675. The lowest BCUT2D eigenvalue weighted by atomic mass is 9.87. The molecule has 0 aliphatic rings. The summed E-state index contributed by atoms with van der Waals surface area (Å²) in [4.78, 5) is 19.8. The van der Waals surface area contributed by atoms with Crippen LogP contribution in [-0.2, 0) is 0 Å². The highest BCUT2D eigenvalue weighted by molar-refractivity contribution is 6.26. The first-order valence-electron chi connectivity index (χ1n) is 18.3. The Morgan fingerprint density at radius 2 is 0.889 bits per heavy atom. The zero-order valence-electron chi connectivity index (χ0n) is 30.0. The van der Waals surface area contributed by atoms with Crippen molar-refractivity contribution in [2.24, 2.45) is 0 Å². The normalized spacial score (nSPS) is 11.5. The fourth-order valence-corrected chi connectivity index (χ4v) is 7.89. The predicted octanol–water partition coefficient (Wildman–Crippen LogP) is 12.8. The van der Waals surface area contributed by atoms with Gasteiger partial charge in [0, 0.05) is 27.9 Å². The van der Waals surface area contributed by atoms with Crippen LogP contribution in [0.15, 0.2) is 170 Å². The standard InChI is InChI=1S/C50H34N4/c1-31-24-45(52-32(2)51-31)38-19-10-18-37(25-38)40-26-41(44-29-39-20-9-16-35-22-23-36-17-11-21-43(44)49(36)48(35)39)28-42(27-40)50-53-46(33-12-5-3-6-13-33)30-47(54-50)34-14-7-4-8-15-34/h3-30H,1-2H3. The van der Waals surface area contributed by atoms with Crippen molar-refractivity contribution >= 4 is 32.3 Å². The first-order valence-corrected chi connectivity index (χ1v) is 18.3. The van der Waals surface area contributed by atoms with Crippen molar-refractivity contribution in [3.63, 3.8) is 0 Å². The number of aromatic nitrogens is 4. The summed E-state index contributed by atoms with van der Waals surface area (Å²) in [6.07, 6.45) is 0. The number of rotatable bonds is 6. The van der Waals surface area contributed by atoms with Gasteiger partial charge in [-0.05, 0) is 111 Å². The summed E-state index contributed by atoms with van der Waals surface area (Å²) in [5.74, 6) is 1.44. The van der Waals surface area contributed by atoms with Gasteiger partial charge in [-0.25, -0.2) is 19.9 Å². The smallest absolute Gasteiger partial charge is 0.160 e. The first-order chi connectivity index (χ1) is 26.5. The van der Waals surface area contributed by atoms with E-state index < -0.39 is 0 Å². The maximum absolute atomic E-state index is 5.26. The molecule has 0 N–H and O–H groups in total. The van der Waals surface area contributed by atoms with Gasteiger partial charge in [-0.1, -0.05) is 127 Å². The molecule has 2 aromatic heterocycles. The second-order valence-corrected chi connectivity index (χ2v) is 14.0. The Morgan fingerprint density at radius 1 is 0.333 bits per heavy atom. The molecule has 8 aromatic carbocycles. The molecular weight excluding hydrogens is 657 g/mol. The Balaban J connectivity index is 1.25. The van der Waals surface area contributed by atoms with Crippen LogP contribution in [0.4, 0.5) is 0 Å². The van der Waals surface area contributed by atoms with E-state index in [4.69, 9.17) is 15.0 Å². The topological polar surface area (TPSA) is 51.6 Å². The molecule has 4 nitrogen and oxygen atoms in total. The van der Waals surface area contributed by atoms with Crippen molar-refractivity contribution in [3.05, 3.63) is 181 Å². The minimum absolute atomic E-state index is 0.675. The van der Waals surface area contributed by atoms with E-state index in [1.807, 2.05) is 32.0 Å². The van der Waals surface area contributed by atoms with E-state index in [0.29, 0.717) is 5.82 Å². The van der Waals surface area contributed by atoms with Crippen LogP contribution in [-0.4, -0.2) is 19.9 Å². The fourth-order valence-electron chi connectivity index (χ4n) is 7.89. The second kappa shape index (κ2) is 12.9. The van der Waals surface area contributed by atoms with E-state index in [9.17, 15) is 0 Å². The van der Waals surface area contributed by atoms with Gasteiger partial charge in [-0.2, -0.15) is 0 Å². The zero-order valence-corrected chi connectivity index (χ0v) is 30.0. The maximum atomic E-state index is 5.26. The van der Waals surface area contributed by atoms with E-state index in [1.54, 1.807) is 0 Å². The molecule has 4 heteroatoms. The third-order valence-electron chi connectivity index (χ3n) is 10.3. The van der Waals surface area contributed by atoms with Gasteiger partial charge < -0.3 is 0 Å². The zero-order chi connectivity index (χ0) is 36.2. The monoisotopic (exact) mass is 690 g/mol. The molecule has 10 aromatic rings. The average Bonchev–Trinajstić information content (AvgIpc) is 3.22. The Bertz CT molecular complexity index is 2930. The summed E-state index contributed by atoms with van der Waals surface area (Å²) in [7, 11) is 0. The molecule has 0 fully saturated rings. The molecule has 54 heavy (non-hydrogen) atoms. The molecule has 10 rings (SSSR count). The van der Waals surface area contributed by atoms with Gasteiger partial charge in [0.2, 0.25) is 0 Å². The van der Waals surface area contributed by atoms with Gasteiger partial charge in [0.1, 0.15) is 5.82 Å². The second-order valence-electron chi connectivity index (χ2n) is 14.0. The van der Waals surface area contributed by atoms with Crippen LogP contribution in [0.25, 0.3) is 99.7 Å². The molecule has 0 bridgehead atoms. The van der Waals surface area contributed by atoms with Crippen molar-refractivity contribution in [3.8, 4) is 67.4 Å². The number of nitrogens with zero attached hydrogens (tertiary/aromatic N) is 4. The Labute approximate surface area is 313 Å². The maximum Gasteiger partial charge on any atom is 0.160 e. The van der Waals surface area contributed by atoms with E-state index >= 15 is 0 Å². The molecule has 0 saturated carbocycles. The first kappa shape index (κ1) is 31.7. The van der Waals surface area contributed by atoms with E-state index in [2.05, 4.69) is 157 Å². The highest BCUT2D eigenvalue weighted by atomic mass is 14.9. The van der Waals surface area contributed by atoms with Crippen molar-refractivity contribution in [2.45, 2.75) is 13.8 Å². The van der Waals surface area contributed by atoms with Gasteiger partial charge in [0.05, 0.1) is 17.1 Å². The molecule has 254 valence electrons. The fraction of sp³-hybridized carbons (Fsp3) is 0.0400. The van der Waals surface area contributed by atoms with E-state index in [0.717, 1.165) is 67.5 Å². The largest absolute Gasteiger partial charge is 0.239 e. The third kappa shape index (κ3) is 5.65. The lowest BCUT2D eigenvalue weighted by Gasteiger charge is -2.17. The number of aryl methyl sites for hydroxylation is 2. The number of benzene rings is 8. The molecule has 0 aliphatic carbocycles. The summed E-state index contributed by atoms with van der Waals surface area (Å²) in [5.41, 5.74) is 12.2. The predicted molar refractivity (Wildman–Crippen MR) is 223 cm³/mol. The van der Waals surface area contributed by atoms with Crippen LogP contribution in [0.3, 0.4) is 0 Å². The van der Waals surface area contributed by atoms with Crippen LogP contribution in [0.2, 0.25) is 0 Å². The SMILES string of the molecule is Cc1cc(-c2cccc(-c3cc(-c4nc(-c5ccccc5)cc(-c5ccccc5)n4)cc(-c4cc5cccc6ccc7cccc4c7c65)c3)c2)nc(C)n1. The molecule has 2 heterocycles. The Kier molecular flexibility index (Phi) is 7.55. The average molecular weight is 691 g/mol. The molecular formula is C50H34N4. The quantitative estimate of drug-likeness (QED) is 0.163. The number of hydrogen-bond acceptors (Lipinski definition) is 4. The molecule has 0 aliphatic heterocycles. The van der Waals surface area contributed by atoms with Crippen LogP contribution in [0.5, 0.6) is 0 Å². The molecule has 0 amide bonds. The highest BCUT2D eigenvalue weighted by Gasteiger charge is 2.18. The van der Waals surface area contributed by atoms with Crippen molar-refractivity contribution in [2.75, 3.05) is 0 Å². The lowest BCUT2D eigenvalue weighted by molar-refractivity contribution is 1.02. The van der Waals surface area contributed by atoms with Gasteiger partial charge in [0.25, 0.3) is 0 Å². The summed E-state index contributed by atoms with van der Waals surface area (Å²) < 4.78 is 0. The lowest BCUT2D eigenvalue weighted by Crippen LogP contribution is -1.97. The highest BCUT2D eigenvalue weighted by Crippen LogP contribution is 2.42. The summed E-state index contributed by atoms with van der Waals surface area (Å²) in [5, 5.41) is 7.54. The molecule has 0 unspecified atom stereocenters. The minimum Gasteiger partial charge on any atom is -0.239 e. The Morgan fingerprint density at radius 3 is 1.61 bits per heavy atom. The van der Waals surface area contributed by atoms with Gasteiger partial charge in [-0.15, -0.1) is 0 Å². The molecule has 0 saturated heterocycles. The number of hydrogen-bond donors (Lipinski definition) is 0. The van der Waals surface area contributed by atoms with Crippen molar-refractivity contribution < 1.29 is 0 Å². The van der Waals surface area contributed by atoms with Crippen LogP contribution in [0.1, 0.15) is 11.5 Å². The van der Waals surface area contributed by atoms with E-state index in [-0.39, 0.29) is 0 Å². The molecule has 0 spiro atoms.